The fourth-order valence-corrected chi connectivity index (χ4v) is 4.25. The fraction of sp³-hybridized carbons (Fsp3) is 0.0370. The number of rotatable bonds is 4. The minimum Gasteiger partial charge on any atom is -0.278 e. The first-order valence-corrected chi connectivity index (χ1v) is 11.8. The highest BCUT2D eigenvalue weighted by Crippen LogP contribution is 2.30. The summed E-state index contributed by atoms with van der Waals surface area (Å²) < 4.78 is 3.23. The Labute approximate surface area is 215 Å². The van der Waals surface area contributed by atoms with Gasteiger partial charge in [-0.3, -0.25) is 10.2 Å². The molecular weight excluding hydrogens is 488 g/mol. The Hall–Kier alpha value is -4.89. The Kier molecular flexibility index (Phi) is 5.66. The first kappa shape index (κ1) is 22.6. The number of nitrogens with one attached hydrogen (secondary N) is 1. The van der Waals surface area contributed by atoms with Crippen LogP contribution in [-0.2, 0) is 0 Å². The topological polar surface area (TPSA) is 102 Å². The molecular formula is C27H19ClN8O. The van der Waals surface area contributed by atoms with Gasteiger partial charge in [0.2, 0.25) is 0 Å². The molecule has 0 amide bonds. The van der Waals surface area contributed by atoms with E-state index in [-0.39, 0.29) is 5.36 Å². The van der Waals surface area contributed by atoms with Crippen molar-refractivity contribution in [2.24, 2.45) is 5.10 Å². The molecule has 0 fully saturated rings. The van der Waals surface area contributed by atoms with Gasteiger partial charge in [0.25, 0.3) is 0 Å². The number of hydrogen-bond acceptors (Lipinski definition) is 7. The van der Waals surface area contributed by atoms with Crippen LogP contribution in [0.5, 0.6) is 0 Å². The number of benzene rings is 3. The van der Waals surface area contributed by atoms with Crippen molar-refractivity contribution in [3.63, 3.8) is 0 Å². The third kappa shape index (κ3) is 4.21. The molecule has 180 valence electrons. The number of aromatic nitrogens is 6. The van der Waals surface area contributed by atoms with Crippen molar-refractivity contribution in [1.82, 2.24) is 29.4 Å². The Balaban J connectivity index is 1.64. The number of halogens is 1. The molecule has 0 saturated carbocycles. The van der Waals surface area contributed by atoms with Crippen molar-refractivity contribution in [2.45, 2.75) is 6.92 Å². The van der Waals surface area contributed by atoms with Crippen LogP contribution in [0.15, 0.2) is 101 Å². The molecule has 0 spiro atoms. The average molecular weight is 507 g/mol. The van der Waals surface area contributed by atoms with E-state index in [1.165, 1.54) is 10.8 Å². The Bertz CT molecular complexity index is 1900. The van der Waals surface area contributed by atoms with Crippen LogP contribution in [0.4, 0.5) is 5.69 Å². The lowest BCUT2D eigenvalue weighted by Crippen LogP contribution is -2.29. The SMILES string of the molecule is Cc1nn2cnc3c(c(-c4ccccc4)nn3-c3ccccc3)c2nc(=O)/c1=N\Nc1cccc(Cl)c1. The summed E-state index contributed by atoms with van der Waals surface area (Å²) in [5, 5.41) is 15.0. The van der Waals surface area contributed by atoms with Gasteiger partial charge < -0.3 is 0 Å². The zero-order valence-corrected chi connectivity index (χ0v) is 20.3. The molecule has 37 heavy (non-hydrogen) atoms. The van der Waals surface area contributed by atoms with Crippen molar-refractivity contribution >= 4 is 34.0 Å². The minimum atomic E-state index is -0.541. The predicted octanol–water partition coefficient (Wildman–Crippen LogP) is 4.38. The number of hydrogen-bond donors (Lipinski definition) is 1. The lowest BCUT2D eigenvalue weighted by Gasteiger charge is -2.02. The van der Waals surface area contributed by atoms with Crippen LogP contribution in [0.1, 0.15) is 5.69 Å². The molecule has 0 radical (unpaired) electrons. The molecule has 0 bridgehead atoms. The van der Waals surface area contributed by atoms with Crippen LogP contribution in [-0.4, -0.2) is 29.4 Å². The van der Waals surface area contributed by atoms with E-state index >= 15 is 0 Å². The molecule has 3 aromatic heterocycles. The Morgan fingerprint density at radius 3 is 2.41 bits per heavy atom. The smallest absolute Gasteiger partial charge is 0.278 e. The molecule has 1 N–H and O–H groups in total. The van der Waals surface area contributed by atoms with Crippen LogP contribution >= 0.6 is 11.6 Å². The van der Waals surface area contributed by atoms with Crippen LogP contribution in [0.25, 0.3) is 33.6 Å². The van der Waals surface area contributed by atoms with Crippen molar-refractivity contribution in [3.05, 3.63) is 118 Å². The van der Waals surface area contributed by atoms with Crippen molar-refractivity contribution in [2.75, 3.05) is 5.43 Å². The molecule has 0 aliphatic rings. The molecule has 3 aromatic carbocycles. The van der Waals surface area contributed by atoms with Gasteiger partial charge in [-0.1, -0.05) is 66.2 Å². The summed E-state index contributed by atoms with van der Waals surface area (Å²) in [5.74, 6) is 0. The second-order valence-electron chi connectivity index (χ2n) is 8.26. The third-order valence-corrected chi connectivity index (χ3v) is 6.01. The maximum atomic E-state index is 13.3. The number of anilines is 1. The monoisotopic (exact) mass is 506 g/mol. The van der Waals surface area contributed by atoms with E-state index in [1.807, 2.05) is 60.7 Å². The largest absolute Gasteiger partial charge is 0.301 e. The summed E-state index contributed by atoms with van der Waals surface area (Å²) in [6.45, 7) is 1.70. The van der Waals surface area contributed by atoms with Gasteiger partial charge in [0.15, 0.2) is 16.7 Å². The van der Waals surface area contributed by atoms with Crippen molar-refractivity contribution in [1.29, 1.82) is 0 Å². The molecule has 10 heteroatoms. The lowest BCUT2D eigenvalue weighted by molar-refractivity contribution is 0.857. The Morgan fingerprint density at radius 2 is 1.65 bits per heavy atom. The lowest BCUT2D eigenvalue weighted by atomic mass is 10.1. The second kappa shape index (κ2) is 9.29. The third-order valence-electron chi connectivity index (χ3n) is 5.77. The molecule has 0 atom stereocenters. The van der Waals surface area contributed by atoms with Crippen molar-refractivity contribution < 1.29 is 0 Å². The van der Waals surface area contributed by atoms with E-state index in [4.69, 9.17) is 16.7 Å². The van der Waals surface area contributed by atoms with E-state index in [0.29, 0.717) is 38.8 Å². The molecule has 0 saturated heterocycles. The predicted molar refractivity (Wildman–Crippen MR) is 142 cm³/mol. The van der Waals surface area contributed by atoms with E-state index in [2.05, 4.69) is 25.6 Å². The van der Waals surface area contributed by atoms with Crippen molar-refractivity contribution in [3.8, 4) is 16.9 Å². The van der Waals surface area contributed by atoms with Gasteiger partial charge in [0.05, 0.1) is 22.5 Å². The van der Waals surface area contributed by atoms with E-state index in [9.17, 15) is 4.79 Å². The highest BCUT2D eigenvalue weighted by molar-refractivity contribution is 6.30. The summed E-state index contributed by atoms with van der Waals surface area (Å²) >= 11 is 6.06. The van der Waals surface area contributed by atoms with Gasteiger partial charge >= 0.3 is 5.56 Å². The van der Waals surface area contributed by atoms with E-state index in [0.717, 1.165) is 11.3 Å². The quantitative estimate of drug-likeness (QED) is 0.356. The first-order chi connectivity index (χ1) is 18.1. The summed E-state index contributed by atoms with van der Waals surface area (Å²) in [4.78, 5) is 22.4. The average Bonchev–Trinajstić information content (AvgIpc) is 3.25. The number of nitrogens with zero attached hydrogens (tertiary/aromatic N) is 7. The zero-order valence-electron chi connectivity index (χ0n) is 19.6. The molecule has 0 aliphatic carbocycles. The minimum absolute atomic E-state index is 0.0773. The van der Waals surface area contributed by atoms with Gasteiger partial charge in [-0.25, -0.2) is 14.2 Å². The molecule has 0 unspecified atom stereocenters. The Morgan fingerprint density at radius 1 is 0.892 bits per heavy atom. The normalized spacial score (nSPS) is 11.8. The standard InChI is InChI=1S/C27H19ClN8O/c1-17-23(32-31-20-12-8-11-19(28)15-20)27(37)30-26-22-24(18-9-4-2-5-10-18)34-36(21-13-6-3-7-14-21)25(22)29-16-35(26)33-17/h2-16,31H,1H3/b32-23-. The maximum Gasteiger partial charge on any atom is 0.301 e. The summed E-state index contributed by atoms with van der Waals surface area (Å²) in [5.41, 5.74) is 6.55. The van der Waals surface area contributed by atoms with Gasteiger partial charge in [-0.05, 0) is 37.3 Å². The van der Waals surface area contributed by atoms with E-state index in [1.54, 1.807) is 35.9 Å². The molecule has 3 heterocycles. The zero-order chi connectivity index (χ0) is 25.4. The highest BCUT2D eigenvalue weighted by atomic mass is 35.5. The molecule has 6 rings (SSSR count). The first-order valence-electron chi connectivity index (χ1n) is 11.4. The van der Waals surface area contributed by atoms with Gasteiger partial charge in [-0.2, -0.15) is 20.3 Å². The molecule has 9 nitrogen and oxygen atoms in total. The maximum absolute atomic E-state index is 13.3. The summed E-state index contributed by atoms with van der Waals surface area (Å²) in [6, 6.07) is 26.4. The van der Waals surface area contributed by atoms with E-state index < -0.39 is 5.56 Å². The van der Waals surface area contributed by atoms with Crippen LogP contribution in [0.3, 0.4) is 0 Å². The number of fused-ring (bicyclic) bond motifs is 3. The second-order valence-corrected chi connectivity index (χ2v) is 8.69. The van der Waals surface area contributed by atoms with Gasteiger partial charge in [0, 0.05) is 10.6 Å². The van der Waals surface area contributed by atoms with Crippen LogP contribution < -0.4 is 16.3 Å². The number of aryl methyl sites for hydroxylation is 1. The molecule has 0 aliphatic heterocycles. The number of para-hydroxylation sites is 1. The summed E-state index contributed by atoms with van der Waals surface area (Å²) in [7, 11) is 0. The summed E-state index contributed by atoms with van der Waals surface area (Å²) in [6.07, 6.45) is 1.53. The van der Waals surface area contributed by atoms with Gasteiger partial charge in [-0.15, -0.1) is 0 Å². The molecule has 6 aromatic rings. The van der Waals surface area contributed by atoms with Gasteiger partial charge in [0.1, 0.15) is 12.0 Å². The van der Waals surface area contributed by atoms with Crippen LogP contribution in [0, 0.1) is 6.92 Å². The highest BCUT2D eigenvalue weighted by Gasteiger charge is 2.19. The fourth-order valence-electron chi connectivity index (χ4n) is 4.06. The van der Waals surface area contributed by atoms with Crippen LogP contribution in [0.2, 0.25) is 5.02 Å².